The molecule has 48 heavy (non-hydrogen) atoms. The molecule has 0 amide bonds. The molecule has 5 aromatic rings. The van der Waals surface area contributed by atoms with E-state index < -0.39 is 37.9 Å². The summed E-state index contributed by atoms with van der Waals surface area (Å²) in [5.74, 6) is -2.40. The van der Waals surface area contributed by atoms with Gasteiger partial charge in [-0.2, -0.15) is 0 Å². The number of nitrogens with one attached hydrogen (secondary N) is 1. The van der Waals surface area contributed by atoms with Gasteiger partial charge in [-0.1, -0.05) is 30.4 Å². The second-order valence-corrected chi connectivity index (χ2v) is 14.0. The Morgan fingerprint density at radius 3 is 2.54 bits per heavy atom. The van der Waals surface area contributed by atoms with E-state index in [0.29, 0.717) is 58.3 Å². The number of H-pyrrole nitrogens is 1. The van der Waals surface area contributed by atoms with Crippen LogP contribution in [0, 0.1) is 11.6 Å². The number of fused-ring (bicyclic) bond motifs is 1. The molecule has 0 spiro atoms. The van der Waals surface area contributed by atoms with Crippen LogP contribution in [0.5, 0.6) is 5.75 Å². The molecule has 9 nitrogen and oxygen atoms in total. The van der Waals surface area contributed by atoms with Crippen molar-refractivity contribution in [2.24, 2.45) is 7.05 Å². The minimum atomic E-state index is -4.51. The van der Waals surface area contributed by atoms with Gasteiger partial charge in [0, 0.05) is 61.7 Å². The van der Waals surface area contributed by atoms with Crippen LogP contribution in [0.4, 0.5) is 8.78 Å². The second-order valence-electron chi connectivity index (χ2n) is 11.8. The Morgan fingerprint density at radius 2 is 1.79 bits per heavy atom. The summed E-state index contributed by atoms with van der Waals surface area (Å²) in [7, 11) is -1.32. The summed E-state index contributed by atoms with van der Waals surface area (Å²) in [6.45, 7) is 3.79. The standard InChI is InChI=1S/C36H33F2N3O6S/c1-22-16-25(29-20-33(42)40(3)21-30(29)24-6-5-7-27(17-24)47-15-14-46-4)18-31(28-9-8-26(37)19-32(28)38)36(22,2)48(44,45)41-13-11-23-10-12-39-35(43)34(23)41/h5-13,16-21,31H,14-15H2,1-4H3,(H,39,43). The first-order valence-corrected chi connectivity index (χ1v) is 16.5. The van der Waals surface area contributed by atoms with Crippen molar-refractivity contribution in [1.29, 1.82) is 0 Å². The number of nitrogens with zero attached hydrogens (tertiary/aromatic N) is 2. The predicted octanol–water partition coefficient (Wildman–Crippen LogP) is 5.76. The third-order valence-electron chi connectivity index (χ3n) is 9.00. The maximum atomic E-state index is 15.7. The Balaban J connectivity index is 1.58. The highest BCUT2D eigenvalue weighted by molar-refractivity contribution is 7.91. The quantitative estimate of drug-likeness (QED) is 0.199. The van der Waals surface area contributed by atoms with Gasteiger partial charge in [0.2, 0.25) is 10.0 Å². The Bertz CT molecular complexity index is 2360. The first kappa shape index (κ1) is 32.9. The van der Waals surface area contributed by atoms with Crippen LogP contribution in [-0.4, -0.2) is 47.0 Å². The summed E-state index contributed by atoms with van der Waals surface area (Å²) in [6, 6.07) is 14.8. The number of aromatic nitrogens is 3. The van der Waals surface area contributed by atoms with Gasteiger partial charge in [0.05, 0.1) is 6.61 Å². The van der Waals surface area contributed by atoms with E-state index in [-0.39, 0.29) is 16.6 Å². The highest BCUT2D eigenvalue weighted by atomic mass is 32.2. The summed E-state index contributed by atoms with van der Waals surface area (Å²) < 4.78 is 70.8. The maximum Gasteiger partial charge on any atom is 0.273 e. The van der Waals surface area contributed by atoms with Crippen LogP contribution in [0.1, 0.15) is 30.9 Å². The van der Waals surface area contributed by atoms with Gasteiger partial charge in [0.15, 0.2) is 0 Å². The van der Waals surface area contributed by atoms with E-state index >= 15 is 4.39 Å². The number of aryl methyl sites for hydroxylation is 1. The molecule has 248 valence electrons. The Morgan fingerprint density at radius 1 is 1.00 bits per heavy atom. The minimum absolute atomic E-state index is 0.0725. The van der Waals surface area contributed by atoms with Gasteiger partial charge in [0.25, 0.3) is 11.1 Å². The molecule has 1 N–H and O–H groups in total. The zero-order valence-electron chi connectivity index (χ0n) is 26.7. The number of pyridine rings is 2. The average Bonchev–Trinajstić information content (AvgIpc) is 3.50. The van der Waals surface area contributed by atoms with Gasteiger partial charge in [-0.25, -0.2) is 21.2 Å². The average molecular weight is 674 g/mol. The van der Waals surface area contributed by atoms with E-state index in [1.807, 2.05) is 18.2 Å². The third kappa shape index (κ3) is 5.50. The Kier molecular flexibility index (Phi) is 8.56. The molecule has 2 aromatic carbocycles. The number of methoxy groups -OCH3 is 1. The van der Waals surface area contributed by atoms with E-state index in [2.05, 4.69) is 4.98 Å². The molecule has 0 saturated carbocycles. The molecule has 3 heterocycles. The van der Waals surface area contributed by atoms with Crippen LogP contribution in [0.25, 0.3) is 27.6 Å². The van der Waals surface area contributed by atoms with Crippen LogP contribution < -0.4 is 15.9 Å². The van der Waals surface area contributed by atoms with E-state index in [9.17, 15) is 22.4 Å². The fraction of sp³-hybridized carbons (Fsp3) is 0.222. The molecule has 1 aliphatic rings. The number of ether oxygens (including phenoxy) is 2. The SMILES string of the molecule is COCCOc1cccc(-c2cn(C)c(=O)cc2C2=CC(c3ccc(F)cc3F)C(C)(S(=O)(=O)n3ccc4cc[nH]c(=O)c43)C(C)=C2)c1. The van der Waals surface area contributed by atoms with Gasteiger partial charge in [-0.05, 0) is 72.0 Å². The molecule has 0 aliphatic heterocycles. The topological polar surface area (TPSA) is 112 Å². The number of hydrogen-bond acceptors (Lipinski definition) is 6. The second kappa shape index (κ2) is 12.5. The molecule has 1 aliphatic carbocycles. The number of rotatable bonds is 9. The van der Waals surface area contributed by atoms with Crippen molar-refractivity contribution in [3.63, 3.8) is 0 Å². The van der Waals surface area contributed by atoms with Gasteiger partial charge in [-0.15, -0.1) is 0 Å². The molecule has 3 aromatic heterocycles. The van der Waals surface area contributed by atoms with Gasteiger partial charge in [0.1, 0.15) is 34.3 Å². The van der Waals surface area contributed by atoms with Crippen molar-refractivity contribution in [1.82, 2.24) is 13.5 Å². The summed E-state index contributed by atoms with van der Waals surface area (Å²) in [4.78, 5) is 28.5. The molecule has 6 rings (SSSR count). The van der Waals surface area contributed by atoms with Crippen molar-refractivity contribution in [2.75, 3.05) is 20.3 Å². The lowest BCUT2D eigenvalue weighted by atomic mass is 9.75. The fourth-order valence-electron chi connectivity index (χ4n) is 6.25. The van der Waals surface area contributed by atoms with Crippen LogP contribution in [0.15, 0.2) is 107 Å². The van der Waals surface area contributed by atoms with Gasteiger partial charge in [-0.3, -0.25) is 9.59 Å². The van der Waals surface area contributed by atoms with E-state index in [4.69, 9.17) is 9.47 Å². The first-order chi connectivity index (χ1) is 22.9. The lowest BCUT2D eigenvalue weighted by molar-refractivity contribution is 0.146. The van der Waals surface area contributed by atoms with Gasteiger partial charge >= 0.3 is 0 Å². The lowest BCUT2D eigenvalue weighted by Crippen LogP contribution is -2.47. The van der Waals surface area contributed by atoms with Crippen molar-refractivity contribution >= 4 is 26.5 Å². The monoisotopic (exact) mass is 673 g/mol. The van der Waals surface area contributed by atoms with E-state index in [0.717, 1.165) is 10.0 Å². The Hall–Kier alpha value is -5.07. The molecule has 12 heteroatoms. The van der Waals surface area contributed by atoms with E-state index in [1.165, 1.54) is 42.1 Å². The van der Waals surface area contributed by atoms with Crippen LogP contribution in [0.2, 0.25) is 0 Å². The zero-order chi connectivity index (χ0) is 34.4. The normalized spacial score (nSPS) is 18.1. The molecule has 0 bridgehead atoms. The van der Waals surface area contributed by atoms with E-state index in [1.54, 1.807) is 51.6 Å². The smallest absolute Gasteiger partial charge is 0.273 e. The van der Waals surface area contributed by atoms with Crippen LogP contribution in [-0.2, 0) is 21.8 Å². The summed E-state index contributed by atoms with van der Waals surface area (Å²) >= 11 is 0. The van der Waals surface area contributed by atoms with Crippen molar-refractivity contribution < 1.29 is 26.7 Å². The number of halogens is 2. The molecule has 2 atom stereocenters. The molecule has 0 fully saturated rings. The maximum absolute atomic E-state index is 15.7. The fourth-order valence-corrected chi connectivity index (χ4v) is 8.29. The summed E-state index contributed by atoms with van der Waals surface area (Å²) in [5.41, 5.74) is 1.51. The molecular formula is C36H33F2N3O6S. The number of allylic oxidation sites excluding steroid dienone is 3. The predicted molar refractivity (Wildman–Crippen MR) is 181 cm³/mol. The molecular weight excluding hydrogens is 640 g/mol. The lowest BCUT2D eigenvalue weighted by Gasteiger charge is -2.40. The Labute approximate surface area is 275 Å². The zero-order valence-corrected chi connectivity index (χ0v) is 27.5. The van der Waals surface area contributed by atoms with Gasteiger partial charge < -0.3 is 19.0 Å². The number of hydrogen-bond donors (Lipinski definition) is 1. The number of benzene rings is 2. The van der Waals surface area contributed by atoms with Crippen LogP contribution in [0.3, 0.4) is 0 Å². The number of aromatic amines is 1. The van der Waals surface area contributed by atoms with Crippen molar-refractivity contribution in [3.05, 3.63) is 140 Å². The van der Waals surface area contributed by atoms with Crippen LogP contribution >= 0.6 is 0 Å². The highest BCUT2D eigenvalue weighted by Gasteiger charge is 2.51. The summed E-state index contributed by atoms with van der Waals surface area (Å²) in [6.07, 6.45) is 7.64. The molecule has 0 radical (unpaired) electrons. The molecule has 0 saturated heterocycles. The molecule has 2 unspecified atom stereocenters. The largest absolute Gasteiger partial charge is 0.491 e. The highest BCUT2D eigenvalue weighted by Crippen LogP contribution is 2.49. The van der Waals surface area contributed by atoms with Crippen molar-refractivity contribution in [3.8, 4) is 16.9 Å². The third-order valence-corrected chi connectivity index (χ3v) is 11.5. The minimum Gasteiger partial charge on any atom is -0.491 e. The van der Waals surface area contributed by atoms with Crippen molar-refractivity contribution in [2.45, 2.75) is 24.5 Å². The summed E-state index contributed by atoms with van der Waals surface area (Å²) in [5, 5.41) is 0.405. The first-order valence-electron chi connectivity index (χ1n) is 15.1.